The van der Waals surface area contributed by atoms with E-state index in [2.05, 4.69) is 20.0 Å². The predicted molar refractivity (Wildman–Crippen MR) is 140 cm³/mol. The highest BCUT2D eigenvalue weighted by atomic mass is 35.5. The van der Waals surface area contributed by atoms with Gasteiger partial charge in [-0.2, -0.15) is 0 Å². The summed E-state index contributed by atoms with van der Waals surface area (Å²) in [5.74, 6) is 0.623. The fourth-order valence-electron chi connectivity index (χ4n) is 3.83. The summed E-state index contributed by atoms with van der Waals surface area (Å²) in [5, 5.41) is 0.984. The molecule has 0 spiro atoms. The number of hydrogen-bond donors (Lipinski definition) is 0. The van der Waals surface area contributed by atoms with E-state index in [9.17, 15) is 0 Å². The Bertz CT molecular complexity index is 566. The van der Waals surface area contributed by atoms with Crippen molar-refractivity contribution in [2.24, 2.45) is 0 Å². The van der Waals surface area contributed by atoms with Gasteiger partial charge in [0.25, 0.3) is 0 Å². The summed E-state index contributed by atoms with van der Waals surface area (Å²) in [4.78, 5) is 0. The molecule has 0 bridgehead atoms. The van der Waals surface area contributed by atoms with Gasteiger partial charge in [-0.05, 0) is 31.6 Å². The van der Waals surface area contributed by atoms with E-state index in [-0.39, 0.29) is 0 Å². The van der Waals surface area contributed by atoms with Crippen LogP contribution in [0.25, 0.3) is 0 Å². The average molecular weight is 490 g/mol. The average Bonchev–Trinajstić information content (AvgIpc) is 2.73. The molecule has 180 valence electrons. The zero-order valence-corrected chi connectivity index (χ0v) is 22.8. The van der Waals surface area contributed by atoms with Crippen molar-refractivity contribution in [1.29, 1.82) is 0 Å². The topological polar surface area (TPSA) is 18.5 Å². The van der Waals surface area contributed by atoms with Gasteiger partial charge < -0.3 is 8.85 Å². The van der Waals surface area contributed by atoms with E-state index in [1.165, 1.54) is 96.3 Å². The summed E-state index contributed by atoms with van der Waals surface area (Å²) in [5.41, 5.74) is 0. The van der Waals surface area contributed by atoms with Crippen molar-refractivity contribution in [2.45, 2.75) is 123 Å². The summed E-state index contributed by atoms with van der Waals surface area (Å²) in [6, 6.07) is 5.47. The molecule has 0 atom stereocenters. The maximum absolute atomic E-state index is 6.22. The molecule has 31 heavy (non-hydrogen) atoms. The monoisotopic (exact) mass is 488 g/mol. The van der Waals surface area contributed by atoms with Crippen LogP contribution in [-0.4, -0.2) is 15.2 Å². The van der Waals surface area contributed by atoms with E-state index in [0.29, 0.717) is 15.8 Å². The molecule has 1 rings (SSSR count). The molecule has 0 N–H and O–H groups in total. The van der Waals surface area contributed by atoms with Crippen LogP contribution in [0.2, 0.25) is 23.1 Å². The molecule has 0 radical (unpaired) electrons. The van der Waals surface area contributed by atoms with Gasteiger partial charge in [0.1, 0.15) is 5.75 Å². The third-order valence-electron chi connectivity index (χ3n) is 5.72. The molecule has 0 heterocycles. The second-order valence-corrected chi connectivity index (χ2v) is 13.3. The zero-order valence-electron chi connectivity index (χ0n) is 20.3. The van der Waals surface area contributed by atoms with Gasteiger partial charge in [-0.3, -0.25) is 0 Å². The van der Waals surface area contributed by atoms with Crippen molar-refractivity contribution in [3.8, 4) is 5.75 Å². The van der Waals surface area contributed by atoms with Gasteiger partial charge >= 0.3 is 8.56 Å². The molecule has 5 heteroatoms. The van der Waals surface area contributed by atoms with Crippen LogP contribution in [0.15, 0.2) is 18.2 Å². The Morgan fingerprint density at radius 2 is 1.13 bits per heavy atom. The van der Waals surface area contributed by atoms with E-state index in [1.807, 2.05) is 12.1 Å². The Morgan fingerprint density at radius 1 is 0.677 bits per heavy atom. The van der Waals surface area contributed by atoms with Crippen LogP contribution < -0.4 is 4.43 Å². The number of unbranched alkanes of at least 4 members (excludes halogenated alkanes) is 15. The highest BCUT2D eigenvalue weighted by Gasteiger charge is 2.27. The van der Waals surface area contributed by atoms with E-state index in [4.69, 9.17) is 32.1 Å². The minimum atomic E-state index is -2.25. The second kappa shape index (κ2) is 18.2. The Hall–Kier alpha value is -0.223. The van der Waals surface area contributed by atoms with Gasteiger partial charge in [0.05, 0.1) is 10.0 Å². The fraction of sp³-hybridized carbons (Fsp3) is 0.769. The van der Waals surface area contributed by atoms with Gasteiger partial charge in [0.15, 0.2) is 0 Å². The first-order valence-corrected chi connectivity index (χ1v) is 16.3. The maximum atomic E-state index is 6.22. The molecule has 1 aromatic rings. The second-order valence-electron chi connectivity index (χ2n) is 9.21. The molecule has 0 aliphatic heterocycles. The summed E-state index contributed by atoms with van der Waals surface area (Å²) in [6.07, 6.45) is 22.1. The third-order valence-corrected chi connectivity index (χ3v) is 8.13. The van der Waals surface area contributed by atoms with E-state index < -0.39 is 8.56 Å². The van der Waals surface area contributed by atoms with Gasteiger partial charge in [-0.25, -0.2) is 0 Å². The van der Waals surface area contributed by atoms with Gasteiger partial charge in [0.2, 0.25) is 0 Å². The quantitative estimate of drug-likeness (QED) is 0.134. The molecule has 0 aliphatic carbocycles. The lowest BCUT2D eigenvalue weighted by Crippen LogP contribution is -2.38. The molecule has 0 aliphatic rings. The largest absolute Gasteiger partial charge is 0.519 e. The normalized spacial score (nSPS) is 11.8. The summed E-state index contributed by atoms with van der Waals surface area (Å²) in [6.45, 7) is 7.15. The molecule has 0 aromatic heterocycles. The molecular formula is C26H46Cl2O2Si. The van der Waals surface area contributed by atoms with Crippen molar-refractivity contribution in [1.82, 2.24) is 0 Å². The number of benzene rings is 1. The SMILES string of the molecule is CCCCCCCCCCCCCCCCCCO[Si](C)(C)Oc1cccc(Cl)c1Cl. The van der Waals surface area contributed by atoms with Crippen LogP contribution in [-0.2, 0) is 4.43 Å². The van der Waals surface area contributed by atoms with Crippen LogP contribution >= 0.6 is 23.2 Å². The minimum Gasteiger partial charge on any atom is -0.519 e. The van der Waals surface area contributed by atoms with Crippen LogP contribution in [0, 0.1) is 0 Å². The van der Waals surface area contributed by atoms with Crippen LogP contribution in [0.5, 0.6) is 5.75 Å². The highest BCUT2D eigenvalue weighted by molar-refractivity contribution is 6.65. The minimum absolute atomic E-state index is 0.468. The van der Waals surface area contributed by atoms with E-state index >= 15 is 0 Å². The molecule has 2 nitrogen and oxygen atoms in total. The zero-order chi connectivity index (χ0) is 22.8. The van der Waals surface area contributed by atoms with E-state index in [0.717, 1.165) is 13.0 Å². The Balaban J connectivity index is 1.90. The van der Waals surface area contributed by atoms with Gasteiger partial charge in [0, 0.05) is 6.61 Å². The first-order valence-electron chi connectivity index (χ1n) is 12.7. The molecule has 0 unspecified atom stereocenters. The number of halogens is 2. The first-order chi connectivity index (χ1) is 15.0. The first kappa shape index (κ1) is 28.8. The summed E-state index contributed by atoms with van der Waals surface area (Å²) < 4.78 is 12.1. The van der Waals surface area contributed by atoms with Crippen molar-refractivity contribution in [3.05, 3.63) is 28.2 Å². The van der Waals surface area contributed by atoms with Gasteiger partial charge in [-0.1, -0.05) is 133 Å². The number of rotatable bonds is 20. The Morgan fingerprint density at radius 3 is 1.61 bits per heavy atom. The van der Waals surface area contributed by atoms with Crippen molar-refractivity contribution >= 4 is 31.8 Å². The standard InChI is InChI=1S/C26H46Cl2O2Si/c1-4-5-6-7-8-9-10-11-12-13-14-15-16-17-18-19-23-29-31(2,3)30-25-22-20-21-24(27)26(25)28/h20-22H,4-19,23H2,1-3H3. The molecule has 0 saturated heterocycles. The lowest BCUT2D eigenvalue weighted by Gasteiger charge is -2.24. The van der Waals surface area contributed by atoms with Crippen LogP contribution in [0.4, 0.5) is 0 Å². The predicted octanol–water partition coefficient (Wildman–Crippen LogP) is 10.4. The van der Waals surface area contributed by atoms with Crippen LogP contribution in [0.3, 0.4) is 0 Å². The smallest absolute Gasteiger partial charge is 0.392 e. The van der Waals surface area contributed by atoms with E-state index in [1.54, 1.807) is 6.07 Å². The third kappa shape index (κ3) is 15.3. The highest BCUT2D eigenvalue weighted by Crippen LogP contribution is 2.33. The van der Waals surface area contributed by atoms with Crippen LogP contribution in [0.1, 0.15) is 110 Å². The summed E-state index contributed by atoms with van der Waals surface area (Å²) >= 11 is 12.3. The Labute approximate surface area is 203 Å². The molecule has 0 amide bonds. The Kier molecular flexibility index (Phi) is 16.9. The fourth-order valence-corrected chi connectivity index (χ4v) is 5.61. The lowest BCUT2D eigenvalue weighted by molar-refractivity contribution is 0.241. The maximum Gasteiger partial charge on any atom is 0.392 e. The van der Waals surface area contributed by atoms with Crippen molar-refractivity contribution in [3.63, 3.8) is 0 Å². The van der Waals surface area contributed by atoms with Gasteiger partial charge in [-0.15, -0.1) is 0 Å². The molecule has 1 aromatic carbocycles. The molecular weight excluding hydrogens is 443 g/mol. The van der Waals surface area contributed by atoms with Crippen molar-refractivity contribution in [2.75, 3.05) is 6.61 Å². The van der Waals surface area contributed by atoms with Crippen molar-refractivity contribution < 1.29 is 8.85 Å². The lowest BCUT2D eigenvalue weighted by atomic mass is 10.0. The molecule has 0 saturated carbocycles. The molecule has 0 fully saturated rings. The number of hydrogen-bond acceptors (Lipinski definition) is 2. The summed E-state index contributed by atoms with van der Waals surface area (Å²) in [7, 11) is -2.25.